The van der Waals surface area contributed by atoms with Gasteiger partial charge >= 0.3 is 5.97 Å². The number of carbonyl (C=O) groups is 3. The summed E-state index contributed by atoms with van der Waals surface area (Å²) in [5, 5.41) is 2.82. The van der Waals surface area contributed by atoms with Crippen LogP contribution in [-0.2, 0) is 9.53 Å². The van der Waals surface area contributed by atoms with E-state index in [1.165, 1.54) is 4.90 Å². The van der Waals surface area contributed by atoms with Crippen molar-refractivity contribution < 1.29 is 19.1 Å². The lowest BCUT2D eigenvalue weighted by atomic mass is 10.1. The van der Waals surface area contributed by atoms with E-state index >= 15 is 0 Å². The van der Waals surface area contributed by atoms with E-state index in [0.29, 0.717) is 16.3 Å². The summed E-state index contributed by atoms with van der Waals surface area (Å²) in [6.45, 7) is 5.51. The molecule has 2 rings (SSSR count). The molecule has 0 aromatic heterocycles. The Labute approximate surface area is 168 Å². The molecule has 0 saturated heterocycles. The second-order valence-corrected chi connectivity index (χ2v) is 6.10. The number of esters is 1. The summed E-state index contributed by atoms with van der Waals surface area (Å²) in [6.07, 6.45) is 1.56. The van der Waals surface area contributed by atoms with Crippen LogP contribution in [0.3, 0.4) is 0 Å². The highest BCUT2D eigenvalue weighted by Gasteiger charge is 2.23. The Balaban J connectivity index is 2.34. The van der Waals surface area contributed by atoms with E-state index in [1.807, 2.05) is 0 Å². The molecule has 6 nitrogen and oxygen atoms in total. The van der Waals surface area contributed by atoms with Crippen molar-refractivity contribution in [3.05, 3.63) is 77.3 Å². The van der Waals surface area contributed by atoms with Crippen LogP contribution in [0.4, 0.5) is 5.69 Å². The summed E-state index contributed by atoms with van der Waals surface area (Å²) in [7, 11) is 0. The molecule has 2 amide bonds. The zero-order chi connectivity index (χ0) is 20.5. The maximum atomic E-state index is 13.1. The van der Waals surface area contributed by atoms with Crippen molar-refractivity contribution in [2.75, 3.05) is 24.6 Å². The Morgan fingerprint density at radius 3 is 2.39 bits per heavy atom. The largest absolute Gasteiger partial charge is 0.465 e. The molecule has 0 aliphatic heterocycles. The number of hydrogen-bond donors (Lipinski definition) is 1. The minimum absolute atomic E-state index is 0.173. The zero-order valence-electron chi connectivity index (χ0n) is 15.5. The van der Waals surface area contributed by atoms with E-state index in [9.17, 15) is 14.4 Å². The third-order valence-electron chi connectivity index (χ3n) is 3.80. The van der Waals surface area contributed by atoms with Crippen LogP contribution in [0.5, 0.6) is 0 Å². The minimum atomic E-state index is -0.538. The maximum Gasteiger partial charge on any atom is 0.325 e. The van der Waals surface area contributed by atoms with Gasteiger partial charge in [-0.1, -0.05) is 41.9 Å². The van der Waals surface area contributed by atoms with Gasteiger partial charge in [0.15, 0.2) is 0 Å². The molecule has 0 heterocycles. The molecule has 0 saturated carbocycles. The zero-order valence-corrected chi connectivity index (χ0v) is 16.2. The number of para-hydroxylation sites is 1. The van der Waals surface area contributed by atoms with E-state index < -0.39 is 11.9 Å². The lowest BCUT2D eigenvalue weighted by Gasteiger charge is -2.24. The van der Waals surface area contributed by atoms with Gasteiger partial charge in [0.25, 0.3) is 11.8 Å². The molecule has 0 radical (unpaired) electrons. The number of benzene rings is 2. The predicted molar refractivity (Wildman–Crippen MR) is 109 cm³/mol. The van der Waals surface area contributed by atoms with Gasteiger partial charge in [0.05, 0.1) is 28.4 Å². The molecule has 0 atom stereocenters. The monoisotopic (exact) mass is 400 g/mol. The maximum absolute atomic E-state index is 13.1. The summed E-state index contributed by atoms with van der Waals surface area (Å²) in [4.78, 5) is 38.6. The second-order valence-electron chi connectivity index (χ2n) is 5.69. The van der Waals surface area contributed by atoms with Crippen molar-refractivity contribution >= 4 is 35.1 Å². The van der Waals surface area contributed by atoms with E-state index in [-0.39, 0.29) is 31.2 Å². The van der Waals surface area contributed by atoms with Gasteiger partial charge in [0.2, 0.25) is 0 Å². The molecular formula is C21H21ClN2O4. The molecule has 0 spiro atoms. The highest BCUT2D eigenvalue weighted by atomic mass is 35.5. The Kier molecular flexibility index (Phi) is 7.77. The fourth-order valence-corrected chi connectivity index (χ4v) is 2.78. The number of rotatable bonds is 8. The molecule has 0 aliphatic carbocycles. The molecule has 1 N–H and O–H groups in total. The molecular weight excluding hydrogens is 380 g/mol. The van der Waals surface area contributed by atoms with Crippen LogP contribution in [0, 0.1) is 0 Å². The number of hydrogen-bond acceptors (Lipinski definition) is 4. The number of carbonyl (C=O) groups excluding carboxylic acids is 3. The van der Waals surface area contributed by atoms with Crippen LogP contribution < -0.4 is 10.2 Å². The Morgan fingerprint density at radius 1 is 1.11 bits per heavy atom. The third kappa shape index (κ3) is 5.20. The van der Waals surface area contributed by atoms with Crippen molar-refractivity contribution in [2.45, 2.75) is 6.92 Å². The molecule has 7 heteroatoms. The molecule has 0 unspecified atom stereocenters. The lowest BCUT2D eigenvalue weighted by molar-refractivity contribution is -0.141. The van der Waals surface area contributed by atoms with Gasteiger partial charge in [-0.05, 0) is 31.2 Å². The van der Waals surface area contributed by atoms with Crippen LogP contribution in [0.2, 0.25) is 5.02 Å². The summed E-state index contributed by atoms with van der Waals surface area (Å²) in [6, 6.07) is 13.3. The molecule has 2 aromatic rings. The van der Waals surface area contributed by atoms with E-state index in [4.69, 9.17) is 16.3 Å². The Hall–Kier alpha value is -3.12. The van der Waals surface area contributed by atoms with Gasteiger partial charge < -0.3 is 15.0 Å². The number of nitrogens with one attached hydrogen (secondary N) is 1. The number of amides is 2. The van der Waals surface area contributed by atoms with Crippen LogP contribution in [0.15, 0.2) is 61.2 Å². The van der Waals surface area contributed by atoms with Crippen LogP contribution >= 0.6 is 11.6 Å². The van der Waals surface area contributed by atoms with E-state index in [0.717, 1.165) is 0 Å². The Bertz CT molecular complexity index is 882. The molecule has 146 valence electrons. The molecule has 0 bridgehead atoms. The highest BCUT2D eigenvalue weighted by Crippen LogP contribution is 2.25. The van der Waals surface area contributed by atoms with Crippen molar-refractivity contribution in [1.29, 1.82) is 0 Å². The fraction of sp³-hybridized carbons (Fsp3) is 0.190. The van der Waals surface area contributed by atoms with E-state index in [2.05, 4.69) is 11.9 Å². The number of anilines is 1. The number of halogens is 1. The first-order valence-electron chi connectivity index (χ1n) is 8.69. The van der Waals surface area contributed by atoms with Crippen LogP contribution in [0.25, 0.3) is 0 Å². The average Bonchev–Trinajstić information content (AvgIpc) is 2.70. The topological polar surface area (TPSA) is 75.7 Å². The van der Waals surface area contributed by atoms with Gasteiger partial charge in [0.1, 0.15) is 6.54 Å². The number of ether oxygens (including phenoxy) is 1. The smallest absolute Gasteiger partial charge is 0.325 e. The Morgan fingerprint density at radius 2 is 1.75 bits per heavy atom. The van der Waals surface area contributed by atoms with Crippen LogP contribution in [-0.4, -0.2) is 37.5 Å². The summed E-state index contributed by atoms with van der Waals surface area (Å²) >= 11 is 6.16. The lowest BCUT2D eigenvalue weighted by Crippen LogP contribution is -2.35. The van der Waals surface area contributed by atoms with Crippen molar-refractivity contribution in [1.82, 2.24) is 5.32 Å². The first-order chi connectivity index (χ1) is 13.5. The normalized spacial score (nSPS) is 10.1. The summed E-state index contributed by atoms with van der Waals surface area (Å²) in [5.74, 6) is -1.40. The second kappa shape index (κ2) is 10.3. The first kappa shape index (κ1) is 21.2. The van der Waals surface area contributed by atoms with Gasteiger partial charge in [-0.15, -0.1) is 6.58 Å². The standard InChI is InChI=1S/C21H21ClN2O4/c1-3-13-24(21(27)15-9-5-7-11-17(15)22)18-12-8-6-10-16(18)20(26)23-14-19(25)28-4-2/h3,5-12H,1,4,13-14H2,2H3,(H,23,26). The van der Waals surface area contributed by atoms with E-state index in [1.54, 1.807) is 61.5 Å². The summed E-state index contributed by atoms with van der Waals surface area (Å²) in [5.41, 5.74) is 0.940. The SMILES string of the molecule is C=CCN(C(=O)c1ccccc1Cl)c1ccccc1C(=O)NCC(=O)OCC. The van der Waals surface area contributed by atoms with Crippen LogP contribution in [0.1, 0.15) is 27.6 Å². The van der Waals surface area contributed by atoms with Crippen molar-refractivity contribution in [2.24, 2.45) is 0 Å². The quantitative estimate of drug-likeness (QED) is 0.543. The summed E-state index contributed by atoms with van der Waals surface area (Å²) < 4.78 is 4.81. The molecule has 0 aliphatic rings. The first-order valence-corrected chi connectivity index (χ1v) is 9.07. The molecule has 0 fully saturated rings. The molecule has 28 heavy (non-hydrogen) atoms. The van der Waals surface area contributed by atoms with Crippen molar-refractivity contribution in [3.63, 3.8) is 0 Å². The van der Waals surface area contributed by atoms with Gasteiger partial charge in [0, 0.05) is 6.54 Å². The third-order valence-corrected chi connectivity index (χ3v) is 4.13. The minimum Gasteiger partial charge on any atom is -0.465 e. The van der Waals surface area contributed by atoms with Gasteiger partial charge in [-0.25, -0.2) is 0 Å². The van der Waals surface area contributed by atoms with Gasteiger partial charge in [-0.3, -0.25) is 14.4 Å². The predicted octanol–water partition coefficient (Wildman–Crippen LogP) is 3.47. The fourth-order valence-electron chi connectivity index (χ4n) is 2.56. The van der Waals surface area contributed by atoms with Crippen molar-refractivity contribution in [3.8, 4) is 0 Å². The average molecular weight is 401 g/mol. The number of nitrogens with zero attached hydrogens (tertiary/aromatic N) is 1. The van der Waals surface area contributed by atoms with Gasteiger partial charge in [-0.2, -0.15) is 0 Å². The molecule has 2 aromatic carbocycles. The highest BCUT2D eigenvalue weighted by molar-refractivity contribution is 6.34.